The van der Waals surface area contributed by atoms with Crippen LogP contribution in [0.15, 0.2) is 24.5 Å². The average molecular weight is 191 g/mol. The molecule has 1 aliphatic heterocycles. The molecule has 0 aromatic carbocycles. The highest BCUT2D eigenvalue weighted by Crippen LogP contribution is 2.10. The van der Waals surface area contributed by atoms with Gasteiger partial charge >= 0.3 is 0 Å². The van der Waals surface area contributed by atoms with Gasteiger partial charge in [-0.25, -0.2) is 0 Å². The van der Waals surface area contributed by atoms with E-state index in [1.807, 2.05) is 12.4 Å². The molecule has 0 saturated carbocycles. The van der Waals surface area contributed by atoms with Crippen molar-refractivity contribution in [2.75, 3.05) is 20.1 Å². The summed E-state index contributed by atoms with van der Waals surface area (Å²) < 4.78 is 0. The molecule has 2 heterocycles. The predicted octanol–water partition coefficient (Wildman–Crippen LogP) is 0.875. The van der Waals surface area contributed by atoms with E-state index in [-0.39, 0.29) is 0 Å². The summed E-state index contributed by atoms with van der Waals surface area (Å²) in [6, 6.07) is 4.86. The molecule has 1 fully saturated rings. The summed E-state index contributed by atoms with van der Waals surface area (Å²) in [5.74, 6) is 0. The average Bonchev–Trinajstić information content (AvgIpc) is 2.72. The second-order valence-electron chi connectivity index (χ2n) is 3.92. The minimum Gasteiger partial charge on any atom is -0.315 e. The maximum absolute atomic E-state index is 4.02. The fraction of sp³-hybridized carbons (Fsp3) is 0.545. The molecular weight excluding hydrogens is 174 g/mol. The number of pyridine rings is 1. The third kappa shape index (κ3) is 2.30. The Morgan fingerprint density at radius 3 is 2.93 bits per heavy atom. The number of rotatable bonds is 3. The van der Waals surface area contributed by atoms with Gasteiger partial charge in [0.2, 0.25) is 0 Å². The first-order chi connectivity index (χ1) is 6.86. The molecule has 0 bridgehead atoms. The lowest BCUT2D eigenvalue weighted by Crippen LogP contribution is -2.32. The topological polar surface area (TPSA) is 28.2 Å². The normalized spacial score (nSPS) is 21.7. The van der Waals surface area contributed by atoms with E-state index in [9.17, 15) is 0 Å². The smallest absolute Gasteiger partial charge is 0.0271 e. The van der Waals surface area contributed by atoms with Gasteiger partial charge in [0.15, 0.2) is 0 Å². The molecule has 3 heteroatoms. The van der Waals surface area contributed by atoms with Crippen LogP contribution < -0.4 is 5.32 Å². The Hall–Kier alpha value is -0.930. The molecule has 1 N–H and O–H groups in total. The van der Waals surface area contributed by atoms with Crippen LogP contribution in [0.2, 0.25) is 0 Å². The number of aromatic nitrogens is 1. The molecule has 1 aromatic heterocycles. The molecule has 76 valence electrons. The molecule has 0 amide bonds. The molecular formula is C11H17N3. The highest BCUT2D eigenvalue weighted by molar-refractivity contribution is 5.09. The van der Waals surface area contributed by atoms with E-state index in [1.54, 1.807) is 0 Å². The Labute approximate surface area is 85.1 Å². The molecule has 1 atom stereocenters. The van der Waals surface area contributed by atoms with Crippen molar-refractivity contribution in [1.82, 2.24) is 15.2 Å². The quantitative estimate of drug-likeness (QED) is 0.768. The highest BCUT2D eigenvalue weighted by atomic mass is 15.2. The van der Waals surface area contributed by atoms with Gasteiger partial charge in [-0.3, -0.25) is 9.88 Å². The summed E-state index contributed by atoms with van der Waals surface area (Å²) in [4.78, 5) is 6.43. The zero-order valence-electron chi connectivity index (χ0n) is 8.61. The lowest BCUT2D eigenvalue weighted by molar-refractivity contribution is 0.249. The number of hydrogen-bond donors (Lipinski definition) is 1. The van der Waals surface area contributed by atoms with E-state index in [1.165, 1.54) is 12.0 Å². The summed E-state index contributed by atoms with van der Waals surface area (Å²) >= 11 is 0. The Morgan fingerprint density at radius 1 is 1.50 bits per heavy atom. The van der Waals surface area contributed by atoms with E-state index in [2.05, 4.69) is 34.4 Å². The minimum atomic E-state index is 0.697. The molecule has 1 saturated heterocycles. The monoisotopic (exact) mass is 191 g/mol. The van der Waals surface area contributed by atoms with Gasteiger partial charge in [-0.1, -0.05) is 0 Å². The van der Waals surface area contributed by atoms with Gasteiger partial charge in [0, 0.05) is 31.5 Å². The SMILES string of the molecule is CN(Cc1ccncc1)[C@H]1CCNC1. The van der Waals surface area contributed by atoms with E-state index < -0.39 is 0 Å². The first-order valence-corrected chi connectivity index (χ1v) is 5.16. The van der Waals surface area contributed by atoms with Crippen molar-refractivity contribution in [2.45, 2.75) is 19.0 Å². The molecule has 0 unspecified atom stereocenters. The summed E-state index contributed by atoms with van der Waals surface area (Å²) in [7, 11) is 2.19. The molecule has 14 heavy (non-hydrogen) atoms. The van der Waals surface area contributed by atoms with Gasteiger partial charge in [-0.2, -0.15) is 0 Å². The second kappa shape index (κ2) is 4.53. The maximum atomic E-state index is 4.02. The molecule has 0 spiro atoms. The predicted molar refractivity (Wildman–Crippen MR) is 57.0 cm³/mol. The van der Waals surface area contributed by atoms with Crippen LogP contribution in [0.1, 0.15) is 12.0 Å². The van der Waals surface area contributed by atoms with Crippen LogP contribution in [-0.2, 0) is 6.54 Å². The van der Waals surface area contributed by atoms with Crippen molar-refractivity contribution in [3.8, 4) is 0 Å². The van der Waals surface area contributed by atoms with E-state index in [0.29, 0.717) is 6.04 Å². The van der Waals surface area contributed by atoms with Crippen LogP contribution in [-0.4, -0.2) is 36.1 Å². The van der Waals surface area contributed by atoms with Crippen molar-refractivity contribution >= 4 is 0 Å². The number of hydrogen-bond acceptors (Lipinski definition) is 3. The van der Waals surface area contributed by atoms with Gasteiger partial charge < -0.3 is 5.32 Å². The van der Waals surface area contributed by atoms with Gasteiger partial charge in [-0.05, 0) is 37.7 Å². The summed E-state index contributed by atoms with van der Waals surface area (Å²) in [5.41, 5.74) is 1.34. The summed E-state index contributed by atoms with van der Waals surface area (Å²) in [6.07, 6.45) is 4.98. The molecule has 2 rings (SSSR count). The first kappa shape index (κ1) is 9.62. The Bertz CT molecular complexity index is 267. The lowest BCUT2D eigenvalue weighted by atomic mass is 10.2. The fourth-order valence-corrected chi connectivity index (χ4v) is 1.92. The standard InChI is InChI=1S/C11H17N3/c1-14(11-4-7-13-8-11)9-10-2-5-12-6-3-10/h2-3,5-6,11,13H,4,7-9H2,1H3/t11-/m0/s1. The first-order valence-electron chi connectivity index (χ1n) is 5.16. The van der Waals surface area contributed by atoms with E-state index in [4.69, 9.17) is 0 Å². The van der Waals surface area contributed by atoms with Crippen LogP contribution in [0.5, 0.6) is 0 Å². The zero-order chi connectivity index (χ0) is 9.80. The van der Waals surface area contributed by atoms with Crippen LogP contribution in [0.25, 0.3) is 0 Å². The molecule has 1 aromatic rings. The number of nitrogens with one attached hydrogen (secondary N) is 1. The number of nitrogens with zero attached hydrogens (tertiary/aromatic N) is 2. The van der Waals surface area contributed by atoms with Crippen LogP contribution in [0.3, 0.4) is 0 Å². The van der Waals surface area contributed by atoms with Gasteiger partial charge in [0.1, 0.15) is 0 Å². The maximum Gasteiger partial charge on any atom is 0.0271 e. The lowest BCUT2D eigenvalue weighted by Gasteiger charge is -2.23. The minimum absolute atomic E-state index is 0.697. The van der Waals surface area contributed by atoms with E-state index in [0.717, 1.165) is 19.6 Å². The van der Waals surface area contributed by atoms with Crippen LogP contribution in [0, 0.1) is 0 Å². The Kier molecular flexibility index (Phi) is 3.11. The van der Waals surface area contributed by atoms with Crippen LogP contribution in [0.4, 0.5) is 0 Å². The van der Waals surface area contributed by atoms with Gasteiger partial charge in [0.25, 0.3) is 0 Å². The molecule has 0 radical (unpaired) electrons. The Morgan fingerprint density at radius 2 is 2.29 bits per heavy atom. The fourth-order valence-electron chi connectivity index (χ4n) is 1.92. The highest BCUT2D eigenvalue weighted by Gasteiger charge is 2.18. The third-order valence-corrected chi connectivity index (χ3v) is 2.84. The zero-order valence-corrected chi connectivity index (χ0v) is 8.61. The van der Waals surface area contributed by atoms with Gasteiger partial charge in [-0.15, -0.1) is 0 Å². The second-order valence-corrected chi connectivity index (χ2v) is 3.92. The molecule has 0 aliphatic carbocycles. The van der Waals surface area contributed by atoms with Crippen LogP contribution >= 0.6 is 0 Å². The largest absolute Gasteiger partial charge is 0.315 e. The molecule has 1 aliphatic rings. The molecule has 3 nitrogen and oxygen atoms in total. The number of likely N-dealkylation sites (N-methyl/N-ethyl adjacent to an activating group) is 1. The van der Waals surface area contributed by atoms with E-state index >= 15 is 0 Å². The Balaban J connectivity index is 1.90. The van der Waals surface area contributed by atoms with Crippen molar-refractivity contribution in [1.29, 1.82) is 0 Å². The summed E-state index contributed by atoms with van der Waals surface area (Å²) in [6.45, 7) is 3.31. The van der Waals surface area contributed by atoms with Crippen molar-refractivity contribution in [3.05, 3.63) is 30.1 Å². The van der Waals surface area contributed by atoms with Crippen molar-refractivity contribution < 1.29 is 0 Å². The van der Waals surface area contributed by atoms with Crippen molar-refractivity contribution in [3.63, 3.8) is 0 Å². The third-order valence-electron chi connectivity index (χ3n) is 2.84. The summed E-state index contributed by atoms with van der Waals surface area (Å²) in [5, 5.41) is 3.38. The van der Waals surface area contributed by atoms with Crippen molar-refractivity contribution in [2.24, 2.45) is 0 Å². The van der Waals surface area contributed by atoms with Gasteiger partial charge in [0.05, 0.1) is 0 Å².